The van der Waals surface area contributed by atoms with Crippen molar-refractivity contribution in [3.8, 4) is 17.0 Å². The summed E-state index contributed by atoms with van der Waals surface area (Å²) in [7, 11) is -5.00. The van der Waals surface area contributed by atoms with Crippen molar-refractivity contribution in [2.24, 2.45) is 0 Å². The van der Waals surface area contributed by atoms with Gasteiger partial charge in [0.05, 0.1) is 5.69 Å². The molecule has 0 unspecified atom stereocenters. The summed E-state index contributed by atoms with van der Waals surface area (Å²) in [4.78, 5) is 4.09. The molecule has 0 spiro atoms. The minimum absolute atomic E-state index is 0.0874. The lowest BCUT2D eigenvalue weighted by Gasteiger charge is -2.03. The third kappa shape index (κ3) is 3.25. The lowest BCUT2D eigenvalue weighted by Crippen LogP contribution is -2.01. The van der Waals surface area contributed by atoms with Gasteiger partial charge in [-0.3, -0.25) is 4.98 Å². The Morgan fingerprint density at radius 2 is 1.94 bits per heavy atom. The van der Waals surface area contributed by atoms with Gasteiger partial charge < -0.3 is 4.18 Å². The minimum Gasteiger partial charge on any atom is -0.358 e. The van der Waals surface area contributed by atoms with Gasteiger partial charge in [-0.05, 0) is 24.3 Å². The van der Waals surface area contributed by atoms with E-state index < -0.39 is 10.5 Å². The molecular formula is C11H8FNO3S. The molecule has 2 aromatic rings. The fourth-order valence-electron chi connectivity index (χ4n) is 1.36. The van der Waals surface area contributed by atoms with Crippen molar-refractivity contribution < 1.29 is 16.5 Å². The van der Waals surface area contributed by atoms with Crippen LogP contribution < -0.4 is 4.18 Å². The maximum atomic E-state index is 12.3. The Hall–Kier alpha value is -1.95. The van der Waals surface area contributed by atoms with Gasteiger partial charge in [-0.2, -0.15) is 8.42 Å². The van der Waals surface area contributed by atoms with E-state index in [1.165, 1.54) is 12.1 Å². The van der Waals surface area contributed by atoms with Crippen molar-refractivity contribution in [1.82, 2.24) is 4.98 Å². The molecule has 88 valence electrons. The van der Waals surface area contributed by atoms with Crippen LogP contribution in [-0.4, -0.2) is 13.4 Å². The summed E-state index contributed by atoms with van der Waals surface area (Å²) in [5.41, 5.74) is 1.29. The molecule has 0 atom stereocenters. The topological polar surface area (TPSA) is 56.3 Å². The van der Waals surface area contributed by atoms with Crippen molar-refractivity contribution in [3.05, 3.63) is 48.7 Å². The average molecular weight is 253 g/mol. The van der Waals surface area contributed by atoms with Crippen LogP contribution in [-0.2, 0) is 10.5 Å². The first-order valence-electron chi connectivity index (χ1n) is 4.70. The molecule has 1 heterocycles. The number of nitrogens with zero attached hydrogens (tertiary/aromatic N) is 1. The molecule has 0 saturated carbocycles. The largest absolute Gasteiger partial charge is 0.488 e. The van der Waals surface area contributed by atoms with Crippen LogP contribution >= 0.6 is 0 Å². The Morgan fingerprint density at radius 3 is 2.59 bits per heavy atom. The van der Waals surface area contributed by atoms with E-state index in [4.69, 9.17) is 0 Å². The van der Waals surface area contributed by atoms with Gasteiger partial charge in [0.1, 0.15) is 5.75 Å². The number of pyridine rings is 1. The van der Waals surface area contributed by atoms with Gasteiger partial charge in [-0.1, -0.05) is 22.1 Å². The number of hydrogen-bond donors (Lipinski definition) is 0. The van der Waals surface area contributed by atoms with E-state index in [0.717, 1.165) is 0 Å². The second kappa shape index (κ2) is 4.50. The molecule has 0 radical (unpaired) electrons. The van der Waals surface area contributed by atoms with Crippen molar-refractivity contribution in [2.45, 2.75) is 0 Å². The van der Waals surface area contributed by atoms with E-state index in [1.54, 1.807) is 36.5 Å². The molecule has 0 amide bonds. The maximum absolute atomic E-state index is 12.3. The first-order chi connectivity index (χ1) is 8.04. The van der Waals surface area contributed by atoms with Gasteiger partial charge in [0.2, 0.25) is 0 Å². The summed E-state index contributed by atoms with van der Waals surface area (Å²) in [5.74, 6) is -0.0874. The summed E-state index contributed by atoms with van der Waals surface area (Å²) in [6.07, 6.45) is 1.61. The smallest absolute Gasteiger partial charge is 0.358 e. The van der Waals surface area contributed by atoms with Crippen LogP contribution in [0.25, 0.3) is 11.3 Å². The number of hydrogen-bond acceptors (Lipinski definition) is 4. The summed E-state index contributed by atoms with van der Waals surface area (Å²) < 4.78 is 37.2. The van der Waals surface area contributed by atoms with Crippen molar-refractivity contribution >= 4 is 10.5 Å². The standard InChI is InChI=1S/C11H8FNO3S/c12-17(14,15)16-10-5-3-4-9(8-10)11-6-1-2-7-13-11/h1-8H. The zero-order chi connectivity index (χ0) is 12.3. The van der Waals surface area contributed by atoms with Gasteiger partial charge in [0, 0.05) is 11.8 Å². The van der Waals surface area contributed by atoms with Crippen LogP contribution in [0.5, 0.6) is 5.75 Å². The van der Waals surface area contributed by atoms with Crippen LogP contribution in [0.15, 0.2) is 48.7 Å². The highest BCUT2D eigenvalue weighted by molar-refractivity contribution is 7.81. The first kappa shape index (κ1) is 11.5. The van der Waals surface area contributed by atoms with E-state index in [0.29, 0.717) is 11.3 Å². The molecule has 4 nitrogen and oxygen atoms in total. The normalized spacial score (nSPS) is 11.1. The molecule has 1 aromatic heterocycles. The number of halogens is 1. The second-order valence-corrected chi connectivity index (χ2v) is 4.17. The van der Waals surface area contributed by atoms with Crippen LogP contribution in [0.2, 0.25) is 0 Å². The minimum atomic E-state index is -5.00. The SMILES string of the molecule is O=S(=O)(F)Oc1cccc(-c2ccccn2)c1. The molecule has 0 aliphatic rings. The van der Waals surface area contributed by atoms with Gasteiger partial charge in [0.25, 0.3) is 0 Å². The van der Waals surface area contributed by atoms with Gasteiger partial charge in [-0.25, -0.2) is 0 Å². The molecule has 17 heavy (non-hydrogen) atoms. The van der Waals surface area contributed by atoms with Crippen LogP contribution in [0.1, 0.15) is 0 Å². The van der Waals surface area contributed by atoms with Gasteiger partial charge in [-0.15, -0.1) is 0 Å². The molecule has 0 fully saturated rings. The summed E-state index contributed by atoms with van der Waals surface area (Å²) in [5, 5.41) is 0. The van der Waals surface area contributed by atoms with Crippen LogP contribution in [0.4, 0.5) is 3.89 Å². The molecule has 6 heteroatoms. The predicted octanol–water partition coefficient (Wildman–Crippen LogP) is 2.34. The molecule has 2 rings (SSSR count). The third-order valence-corrected chi connectivity index (χ3v) is 2.38. The quantitative estimate of drug-likeness (QED) is 0.788. The molecular weight excluding hydrogens is 245 g/mol. The highest BCUT2D eigenvalue weighted by atomic mass is 32.3. The summed E-state index contributed by atoms with van der Waals surface area (Å²) in [6.45, 7) is 0. The zero-order valence-corrected chi connectivity index (χ0v) is 9.39. The number of aromatic nitrogens is 1. The molecule has 0 N–H and O–H groups in total. The van der Waals surface area contributed by atoms with E-state index in [-0.39, 0.29) is 5.75 Å². The van der Waals surface area contributed by atoms with Crippen LogP contribution in [0, 0.1) is 0 Å². The van der Waals surface area contributed by atoms with E-state index >= 15 is 0 Å². The summed E-state index contributed by atoms with van der Waals surface area (Å²) in [6, 6.07) is 11.3. The van der Waals surface area contributed by atoms with Crippen molar-refractivity contribution in [2.75, 3.05) is 0 Å². The van der Waals surface area contributed by atoms with Crippen molar-refractivity contribution in [3.63, 3.8) is 0 Å². The molecule has 0 saturated heterocycles. The fraction of sp³-hybridized carbons (Fsp3) is 0. The van der Waals surface area contributed by atoms with E-state index in [9.17, 15) is 12.3 Å². The number of benzene rings is 1. The molecule has 0 aliphatic heterocycles. The van der Waals surface area contributed by atoms with Gasteiger partial charge >= 0.3 is 10.5 Å². The average Bonchev–Trinajstić information content (AvgIpc) is 2.28. The Labute approximate surface area is 98.1 Å². The lowest BCUT2D eigenvalue weighted by molar-refractivity contribution is 0.440. The monoisotopic (exact) mass is 253 g/mol. The van der Waals surface area contributed by atoms with E-state index in [2.05, 4.69) is 9.17 Å². The Kier molecular flexibility index (Phi) is 3.06. The highest BCUT2D eigenvalue weighted by Crippen LogP contribution is 2.22. The second-order valence-electron chi connectivity index (χ2n) is 3.22. The molecule has 0 aliphatic carbocycles. The Bertz CT molecular complexity index is 614. The van der Waals surface area contributed by atoms with E-state index in [1.807, 2.05) is 0 Å². The molecule has 1 aromatic carbocycles. The molecule has 0 bridgehead atoms. The van der Waals surface area contributed by atoms with Gasteiger partial charge in [0.15, 0.2) is 0 Å². The third-order valence-electron chi connectivity index (χ3n) is 1.99. The van der Waals surface area contributed by atoms with Crippen LogP contribution in [0.3, 0.4) is 0 Å². The Morgan fingerprint density at radius 1 is 1.12 bits per heavy atom. The summed E-state index contributed by atoms with van der Waals surface area (Å²) >= 11 is 0. The Balaban J connectivity index is 2.36. The predicted molar refractivity (Wildman–Crippen MR) is 60.3 cm³/mol. The maximum Gasteiger partial charge on any atom is 0.488 e. The zero-order valence-electron chi connectivity index (χ0n) is 8.58. The lowest BCUT2D eigenvalue weighted by atomic mass is 10.1. The fourth-order valence-corrected chi connectivity index (χ4v) is 1.69. The first-order valence-corrected chi connectivity index (χ1v) is 6.01. The van der Waals surface area contributed by atoms with Crippen molar-refractivity contribution in [1.29, 1.82) is 0 Å². The highest BCUT2D eigenvalue weighted by Gasteiger charge is 2.10. The number of rotatable bonds is 3.